The minimum Gasteiger partial charge on any atom is -0.543 e. The molecule has 0 bridgehead atoms. The molecule has 0 spiro atoms. The molecule has 0 N–H and O–H groups in total. The predicted octanol–water partition coefficient (Wildman–Crippen LogP) is -2.03. The Morgan fingerprint density at radius 3 is 1.95 bits per heavy atom. The van der Waals surface area contributed by atoms with Crippen molar-refractivity contribution < 1.29 is 24.6 Å². The number of aliphatic carboxylic acids is 2. The summed E-state index contributed by atoms with van der Waals surface area (Å²) >= 11 is 0. The van der Waals surface area contributed by atoms with Crippen LogP contribution in [0.5, 0.6) is 0 Å². The maximum Gasteiger partial charge on any atom is 0.222 e. The molecular formula is C14H22N2O5-2. The van der Waals surface area contributed by atoms with Crippen molar-refractivity contribution in [3.63, 3.8) is 0 Å². The smallest absolute Gasteiger partial charge is 0.222 e. The van der Waals surface area contributed by atoms with Gasteiger partial charge in [0.25, 0.3) is 0 Å². The quantitative estimate of drug-likeness (QED) is 0.428. The third kappa shape index (κ3) is 7.08. The summed E-state index contributed by atoms with van der Waals surface area (Å²) in [5, 5.41) is 17.9. The highest BCUT2D eigenvalue weighted by Crippen LogP contribution is 2.12. The Hall–Kier alpha value is -1.63. The Morgan fingerprint density at radius 2 is 1.48 bits per heavy atom. The fourth-order valence-electron chi connectivity index (χ4n) is 2.58. The van der Waals surface area contributed by atoms with E-state index in [4.69, 9.17) is 19.8 Å². The van der Waals surface area contributed by atoms with Gasteiger partial charge in [0, 0.05) is 19.5 Å². The van der Waals surface area contributed by atoms with Crippen LogP contribution in [0.1, 0.15) is 38.5 Å². The fraction of sp³-hybridized carbons (Fsp3) is 0.786. The molecule has 0 saturated carbocycles. The van der Waals surface area contributed by atoms with Crippen molar-refractivity contribution in [2.75, 3.05) is 32.7 Å². The van der Waals surface area contributed by atoms with E-state index in [1.807, 2.05) is 4.90 Å². The molecule has 2 heterocycles. The molecule has 7 nitrogen and oxygen atoms in total. The summed E-state index contributed by atoms with van der Waals surface area (Å²) in [5.74, 6) is -4.00. The molecule has 0 radical (unpaired) electrons. The number of carboxylic acids is 2. The number of hydrogen-bond acceptors (Lipinski definition) is 6. The molecule has 21 heavy (non-hydrogen) atoms. The van der Waals surface area contributed by atoms with Crippen molar-refractivity contribution in [1.29, 1.82) is 0 Å². The summed E-state index contributed by atoms with van der Waals surface area (Å²) in [6.07, 6.45) is 7.05. The highest BCUT2D eigenvalue weighted by atomic mass is 16.4. The monoisotopic (exact) mass is 298 g/mol. The minimum absolute atomic E-state index is 0.371. The lowest BCUT2D eigenvalue weighted by molar-refractivity contribution is -0.345. The summed E-state index contributed by atoms with van der Waals surface area (Å²) in [5.41, 5.74) is 0. The first-order chi connectivity index (χ1) is 10.0. The average molecular weight is 298 g/mol. The van der Waals surface area contributed by atoms with Crippen LogP contribution in [-0.4, -0.2) is 60.4 Å². The van der Waals surface area contributed by atoms with Gasteiger partial charge in [0.1, 0.15) is 0 Å². The largest absolute Gasteiger partial charge is 0.543 e. The zero-order valence-electron chi connectivity index (χ0n) is 12.2. The van der Waals surface area contributed by atoms with Crippen molar-refractivity contribution in [1.82, 2.24) is 9.80 Å². The van der Waals surface area contributed by atoms with Crippen molar-refractivity contribution in [2.45, 2.75) is 38.5 Å². The summed E-state index contributed by atoms with van der Waals surface area (Å²) in [6.45, 7) is 5.82. The van der Waals surface area contributed by atoms with E-state index in [1.165, 1.54) is 45.3 Å². The Bertz CT molecular complexity index is 354. The number of likely N-dealkylation sites (tertiary alicyclic amines) is 2. The van der Waals surface area contributed by atoms with E-state index in [0.717, 1.165) is 25.9 Å². The van der Waals surface area contributed by atoms with Gasteiger partial charge in [-0.3, -0.25) is 4.79 Å². The SMILES string of the molecule is O=C([O-])C(=O)[O-].O=C1CCCN1CCCCN1CCCC1. The summed E-state index contributed by atoms with van der Waals surface area (Å²) < 4.78 is 0. The first-order valence-electron chi connectivity index (χ1n) is 7.43. The van der Waals surface area contributed by atoms with E-state index < -0.39 is 11.9 Å². The van der Waals surface area contributed by atoms with Gasteiger partial charge in [-0.15, -0.1) is 0 Å². The topological polar surface area (TPSA) is 104 Å². The predicted molar refractivity (Wildman–Crippen MR) is 70.7 cm³/mol. The number of carboxylic acid groups (broad SMARTS) is 2. The van der Waals surface area contributed by atoms with Crippen LogP contribution in [0.3, 0.4) is 0 Å². The van der Waals surface area contributed by atoms with Gasteiger partial charge in [-0.05, 0) is 51.7 Å². The molecule has 0 unspecified atom stereocenters. The highest BCUT2D eigenvalue weighted by Gasteiger charge is 2.19. The van der Waals surface area contributed by atoms with Crippen LogP contribution in [0, 0.1) is 0 Å². The molecule has 2 rings (SSSR count). The van der Waals surface area contributed by atoms with E-state index in [0.29, 0.717) is 5.91 Å². The van der Waals surface area contributed by atoms with Crippen molar-refractivity contribution in [3.8, 4) is 0 Å². The van der Waals surface area contributed by atoms with Gasteiger partial charge in [0.05, 0.1) is 11.9 Å². The zero-order chi connectivity index (χ0) is 15.7. The molecule has 0 aliphatic carbocycles. The molecule has 1 amide bonds. The molecule has 0 aromatic rings. The molecular weight excluding hydrogens is 276 g/mol. The Morgan fingerprint density at radius 1 is 0.905 bits per heavy atom. The van der Waals surface area contributed by atoms with E-state index in [1.54, 1.807) is 0 Å². The van der Waals surface area contributed by atoms with Crippen molar-refractivity contribution >= 4 is 17.8 Å². The molecule has 7 heteroatoms. The third-order valence-electron chi connectivity index (χ3n) is 3.69. The molecule has 0 aromatic carbocycles. The van der Waals surface area contributed by atoms with Gasteiger partial charge < -0.3 is 29.6 Å². The lowest BCUT2D eigenvalue weighted by Gasteiger charge is -2.17. The second-order valence-corrected chi connectivity index (χ2v) is 5.32. The average Bonchev–Trinajstić information content (AvgIpc) is 3.07. The number of carbonyl (C=O) groups excluding carboxylic acids is 3. The Labute approximate surface area is 124 Å². The van der Waals surface area contributed by atoms with Crippen LogP contribution >= 0.6 is 0 Å². The standard InChI is InChI=1S/C12H22N2O.C2H2O4/c15-12-6-5-11-14(12)10-4-3-9-13-7-1-2-8-13;3-1(4)2(5)6/h1-11H2;(H,3,4)(H,5,6)/p-2. The second-order valence-electron chi connectivity index (χ2n) is 5.32. The lowest BCUT2D eigenvalue weighted by Crippen LogP contribution is -2.42. The number of hydrogen-bond donors (Lipinski definition) is 0. The van der Waals surface area contributed by atoms with E-state index >= 15 is 0 Å². The number of amides is 1. The highest BCUT2D eigenvalue weighted by molar-refractivity contribution is 6.25. The van der Waals surface area contributed by atoms with Crippen LogP contribution in [0.2, 0.25) is 0 Å². The van der Waals surface area contributed by atoms with Gasteiger partial charge in [0.2, 0.25) is 5.91 Å². The number of unbranched alkanes of at least 4 members (excludes halogenated alkanes) is 1. The number of nitrogens with zero attached hydrogens (tertiary/aromatic N) is 2. The molecule has 2 aliphatic heterocycles. The van der Waals surface area contributed by atoms with Gasteiger partial charge in [-0.1, -0.05) is 0 Å². The third-order valence-corrected chi connectivity index (χ3v) is 3.69. The van der Waals surface area contributed by atoms with E-state index in [-0.39, 0.29) is 0 Å². The lowest BCUT2D eigenvalue weighted by atomic mass is 10.3. The maximum absolute atomic E-state index is 11.3. The van der Waals surface area contributed by atoms with Crippen LogP contribution in [-0.2, 0) is 14.4 Å². The molecule has 2 saturated heterocycles. The van der Waals surface area contributed by atoms with Crippen LogP contribution in [0.15, 0.2) is 0 Å². The van der Waals surface area contributed by atoms with Crippen LogP contribution < -0.4 is 10.2 Å². The molecule has 0 aromatic heterocycles. The normalized spacial score (nSPS) is 18.5. The molecule has 120 valence electrons. The Kier molecular flexibility index (Phi) is 7.74. The molecule has 2 aliphatic rings. The van der Waals surface area contributed by atoms with Crippen LogP contribution in [0.25, 0.3) is 0 Å². The Balaban J connectivity index is 0.000000315. The number of carbonyl (C=O) groups is 3. The van der Waals surface area contributed by atoms with Crippen molar-refractivity contribution in [2.24, 2.45) is 0 Å². The maximum atomic E-state index is 11.3. The van der Waals surface area contributed by atoms with Gasteiger partial charge in [-0.25, -0.2) is 0 Å². The van der Waals surface area contributed by atoms with Crippen molar-refractivity contribution in [3.05, 3.63) is 0 Å². The van der Waals surface area contributed by atoms with Gasteiger partial charge >= 0.3 is 0 Å². The van der Waals surface area contributed by atoms with E-state index in [2.05, 4.69) is 4.90 Å². The molecule has 2 fully saturated rings. The first kappa shape index (κ1) is 17.4. The van der Waals surface area contributed by atoms with Gasteiger partial charge in [0.15, 0.2) is 0 Å². The number of rotatable bonds is 5. The zero-order valence-corrected chi connectivity index (χ0v) is 12.2. The second kappa shape index (κ2) is 9.33. The van der Waals surface area contributed by atoms with Gasteiger partial charge in [-0.2, -0.15) is 0 Å². The summed E-state index contributed by atoms with van der Waals surface area (Å²) in [6, 6.07) is 0. The molecule has 0 atom stereocenters. The minimum atomic E-state index is -2.19. The summed E-state index contributed by atoms with van der Waals surface area (Å²) in [4.78, 5) is 33.8. The fourth-order valence-corrected chi connectivity index (χ4v) is 2.58. The van der Waals surface area contributed by atoms with E-state index in [9.17, 15) is 4.79 Å². The summed E-state index contributed by atoms with van der Waals surface area (Å²) in [7, 11) is 0. The van der Waals surface area contributed by atoms with Crippen LogP contribution in [0.4, 0.5) is 0 Å². The first-order valence-corrected chi connectivity index (χ1v) is 7.43.